The molecule has 2 rings (SSSR count). The quantitative estimate of drug-likeness (QED) is 0.841. The van der Waals surface area contributed by atoms with Crippen molar-refractivity contribution in [3.05, 3.63) is 11.6 Å². The number of aliphatic carboxylic acids is 1. The summed E-state index contributed by atoms with van der Waals surface area (Å²) in [6.45, 7) is 2.04. The highest BCUT2D eigenvalue weighted by Crippen LogP contribution is 2.26. The standard InChI is InChI=1S/C11H17N3O2/c1-2-9-12-10-5-3-4-8(14(10)13-9)6-7-11(15)16/h8H,2-7H2,1H3,(H,15,16). The highest BCUT2D eigenvalue weighted by atomic mass is 16.4. The van der Waals surface area contributed by atoms with Crippen LogP contribution in [0.1, 0.15) is 50.3 Å². The molecule has 5 heteroatoms. The molecule has 0 saturated carbocycles. The number of hydrogen-bond acceptors (Lipinski definition) is 3. The first kappa shape index (κ1) is 11.1. The molecule has 0 fully saturated rings. The van der Waals surface area contributed by atoms with Gasteiger partial charge in [0.05, 0.1) is 6.04 Å². The molecule has 2 heterocycles. The second-order valence-electron chi connectivity index (χ2n) is 4.22. The highest BCUT2D eigenvalue weighted by molar-refractivity contribution is 5.66. The average Bonchev–Trinajstić information content (AvgIpc) is 2.69. The van der Waals surface area contributed by atoms with E-state index in [2.05, 4.69) is 10.1 Å². The van der Waals surface area contributed by atoms with Crippen molar-refractivity contribution >= 4 is 5.97 Å². The van der Waals surface area contributed by atoms with E-state index in [4.69, 9.17) is 5.11 Å². The second-order valence-corrected chi connectivity index (χ2v) is 4.22. The smallest absolute Gasteiger partial charge is 0.303 e. The van der Waals surface area contributed by atoms with E-state index in [-0.39, 0.29) is 12.5 Å². The minimum atomic E-state index is -0.733. The predicted molar refractivity (Wildman–Crippen MR) is 58.2 cm³/mol. The van der Waals surface area contributed by atoms with Crippen molar-refractivity contribution in [1.82, 2.24) is 14.8 Å². The largest absolute Gasteiger partial charge is 0.481 e. The number of aromatic nitrogens is 3. The number of nitrogens with zero attached hydrogens (tertiary/aromatic N) is 3. The van der Waals surface area contributed by atoms with E-state index in [1.807, 2.05) is 11.6 Å². The summed E-state index contributed by atoms with van der Waals surface area (Å²) in [5, 5.41) is 13.1. The van der Waals surface area contributed by atoms with Crippen LogP contribution in [-0.4, -0.2) is 25.8 Å². The Morgan fingerprint density at radius 3 is 3.12 bits per heavy atom. The van der Waals surface area contributed by atoms with Crippen LogP contribution in [0.2, 0.25) is 0 Å². The van der Waals surface area contributed by atoms with E-state index < -0.39 is 5.97 Å². The van der Waals surface area contributed by atoms with Gasteiger partial charge in [0.1, 0.15) is 5.82 Å². The van der Waals surface area contributed by atoms with Crippen LogP contribution in [0.15, 0.2) is 0 Å². The summed E-state index contributed by atoms with van der Waals surface area (Å²) in [4.78, 5) is 15.0. The first-order valence-corrected chi connectivity index (χ1v) is 5.86. The van der Waals surface area contributed by atoms with Crippen molar-refractivity contribution in [1.29, 1.82) is 0 Å². The Morgan fingerprint density at radius 2 is 2.44 bits per heavy atom. The molecule has 1 unspecified atom stereocenters. The Hall–Kier alpha value is -1.39. The van der Waals surface area contributed by atoms with Crippen LogP contribution in [-0.2, 0) is 17.6 Å². The first-order valence-electron chi connectivity index (χ1n) is 5.86. The lowest BCUT2D eigenvalue weighted by Crippen LogP contribution is -2.20. The number of carboxylic acid groups (broad SMARTS) is 1. The molecule has 5 nitrogen and oxygen atoms in total. The van der Waals surface area contributed by atoms with Crippen LogP contribution < -0.4 is 0 Å². The normalized spacial score (nSPS) is 19.4. The van der Waals surface area contributed by atoms with Gasteiger partial charge < -0.3 is 5.11 Å². The molecule has 0 aliphatic carbocycles. The topological polar surface area (TPSA) is 68.0 Å². The van der Waals surface area contributed by atoms with Crippen LogP contribution >= 0.6 is 0 Å². The molecule has 1 atom stereocenters. The Bertz CT molecular complexity index is 387. The summed E-state index contributed by atoms with van der Waals surface area (Å²) in [7, 11) is 0. The Morgan fingerprint density at radius 1 is 1.62 bits per heavy atom. The Balaban J connectivity index is 2.12. The maximum Gasteiger partial charge on any atom is 0.303 e. The molecule has 16 heavy (non-hydrogen) atoms. The first-order chi connectivity index (χ1) is 7.70. The van der Waals surface area contributed by atoms with E-state index in [0.717, 1.165) is 37.3 Å². The fourth-order valence-corrected chi connectivity index (χ4v) is 2.19. The maximum atomic E-state index is 10.6. The lowest BCUT2D eigenvalue weighted by Gasteiger charge is -2.22. The zero-order valence-electron chi connectivity index (χ0n) is 9.52. The van der Waals surface area contributed by atoms with Gasteiger partial charge in [0.15, 0.2) is 5.82 Å². The van der Waals surface area contributed by atoms with E-state index in [1.54, 1.807) is 0 Å². The summed E-state index contributed by atoms with van der Waals surface area (Å²) in [5.74, 6) is 1.17. The SMILES string of the molecule is CCc1nc2n(n1)C(CCC(=O)O)CCC2. The highest BCUT2D eigenvalue weighted by Gasteiger charge is 2.23. The monoisotopic (exact) mass is 223 g/mol. The van der Waals surface area contributed by atoms with Crippen molar-refractivity contribution in [3.63, 3.8) is 0 Å². The van der Waals surface area contributed by atoms with Crippen LogP contribution in [0, 0.1) is 0 Å². The fourth-order valence-electron chi connectivity index (χ4n) is 2.19. The molecule has 1 aromatic rings. The third-order valence-corrected chi connectivity index (χ3v) is 3.04. The van der Waals surface area contributed by atoms with Gasteiger partial charge in [0, 0.05) is 19.3 Å². The molecule has 0 radical (unpaired) electrons. The number of fused-ring (bicyclic) bond motifs is 1. The van der Waals surface area contributed by atoms with E-state index in [1.165, 1.54) is 0 Å². The lowest BCUT2D eigenvalue weighted by molar-refractivity contribution is -0.137. The zero-order chi connectivity index (χ0) is 11.5. The summed E-state index contributed by atoms with van der Waals surface area (Å²) in [5.41, 5.74) is 0. The van der Waals surface area contributed by atoms with Crippen LogP contribution in [0.4, 0.5) is 0 Å². The third kappa shape index (κ3) is 2.23. The van der Waals surface area contributed by atoms with Crippen LogP contribution in [0.25, 0.3) is 0 Å². The molecular formula is C11H17N3O2. The molecule has 1 aromatic heterocycles. The van der Waals surface area contributed by atoms with E-state index in [9.17, 15) is 4.79 Å². The van der Waals surface area contributed by atoms with E-state index >= 15 is 0 Å². The Kier molecular flexibility index (Phi) is 3.22. The van der Waals surface area contributed by atoms with Gasteiger partial charge >= 0.3 is 5.97 Å². The molecule has 0 aromatic carbocycles. The van der Waals surface area contributed by atoms with Crippen LogP contribution in [0.5, 0.6) is 0 Å². The predicted octanol–water partition coefficient (Wildman–Crippen LogP) is 1.58. The van der Waals surface area contributed by atoms with Crippen molar-refractivity contribution in [2.45, 2.75) is 51.5 Å². The van der Waals surface area contributed by atoms with Gasteiger partial charge in [0.25, 0.3) is 0 Å². The lowest BCUT2D eigenvalue weighted by atomic mass is 10.0. The van der Waals surface area contributed by atoms with Crippen molar-refractivity contribution in [2.75, 3.05) is 0 Å². The van der Waals surface area contributed by atoms with Gasteiger partial charge in [0.2, 0.25) is 0 Å². The molecule has 88 valence electrons. The molecule has 0 amide bonds. The minimum absolute atomic E-state index is 0.214. The molecule has 1 aliphatic rings. The molecular weight excluding hydrogens is 206 g/mol. The van der Waals surface area contributed by atoms with Gasteiger partial charge in [-0.1, -0.05) is 6.92 Å². The number of hydrogen-bond donors (Lipinski definition) is 1. The number of carbonyl (C=O) groups is 1. The van der Waals surface area contributed by atoms with Crippen molar-refractivity contribution < 1.29 is 9.90 Å². The number of carboxylic acids is 1. The molecule has 0 spiro atoms. The van der Waals surface area contributed by atoms with Crippen molar-refractivity contribution in [2.24, 2.45) is 0 Å². The van der Waals surface area contributed by atoms with Gasteiger partial charge in [-0.3, -0.25) is 4.79 Å². The summed E-state index contributed by atoms with van der Waals surface area (Å²) >= 11 is 0. The summed E-state index contributed by atoms with van der Waals surface area (Å²) in [6.07, 6.45) is 4.79. The van der Waals surface area contributed by atoms with Crippen LogP contribution in [0.3, 0.4) is 0 Å². The molecule has 0 bridgehead atoms. The Labute approximate surface area is 94.5 Å². The number of rotatable bonds is 4. The summed E-state index contributed by atoms with van der Waals surface area (Å²) in [6, 6.07) is 0.229. The zero-order valence-corrected chi connectivity index (χ0v) is 9.52. The molecule has 1 N–H and O–H groups in total. The van der Waals surface area contributed by atoms with Gasteiger partial charge in [-0.15, -0.1) is 0 Å². The fraction of sp³-hybridized carbons (Fsp3) is 0.727. The van der Waals surface area contributed by atoms with E-state index in [0.29, 0.717) is 6.42 Å². The summed E-state index contributed by atoms with van der Waals surface area (Å²) < 4.78 is 1.95. The molecule has 1 aliphatic heterocycles. The number of aryl methyl sites for hydroxylation is 2. The maximum absolute atomic E-state index is 10.6. The molecule has 0 saturated heterocycles. The van der Waals surface area contributed by atoms with Gasteiger partial charge in [-0.05, 0) is 19.3 Å². The van der Waals surface area contributed by atoms with Gasteiger partial charge in [-0.2, -0.15) is 5.10 Å². The van der Waals surface area contributed by atoms with Crippen molar-refractivity contribution in [3.8, 4) is 0 Å². The second kappa shape index (κ2) is 4.63. The average molecular weight is 223 g/mol. The third-order valence-electron chi connectivity index (χ3n) is 3.04. The minimum Gasteiger partial charge on any atom is -0.481 e. The van der Waals surface area contributed by atoms with Gasteiger partial charge in [-0.25, -0.2) is 9.67 Å².